The van der Waals surface area contributed by atoms with Gasteiger partial charge in [0.1, 0.15) is 0 Å². The first kappa shape index (κ1) is 13.3. The molecule has 2 rings (SSSR count). The van der Waals surface area contributed by atoms with Gasteiger partial charge in [0.05, 0.1) is 16.9 Å². The Morgan fingerprint density at radius 2 is 1.37 bits per heavy atom. The number of nitrogen functional groups attached to an aromatic ring is 1. The Bertz CT molecular complexity index is 641. The first-order chi connectivity index (χ1) is 8.86. The molecule has 0 amide bonds. The molecule has 100 valence electrons. The molecule has 0 atom stereocenters. The Balaban J connectivity index is 2.87. The van der Waals surface area contributed by atoms with Crippen LogP contribution in [0.2, 0.25) is 0 Å². The molecule has 0 aliphatic carbocycles. The highest BCUT2D eigenvalue weighted by atomic mass is 19.2. The molecule has 2 N–H and O–H groups in total. The third kappa shape index (κ3) is 1.91. The lowest BCUT2D eigenvalue weighted by Gasteiger charge is -2.11. The van der Waals surface area contributed by atoms with E-state index in [-0.39, 0.29) is 5.69 Å². The van der Waals surface area contributed by atoms with Gasteiger partial charge in [0.25, 0.3) is 0 Å². The van der Waals surface area contributed by atoms with E-state index in [0.717, 1.165) is 0 Å². The zero-order valence-corrected chi connectivity index (χ0v) is 9.57. The van der Waals surface area contributed by atoms with Gasteiger partial charge >= 0.3 is 0 Å². The minimum atomic E-state index is -2.22. The minimum absolute atomic E-state index is 0.147. The SMILES string of the molecule is Cc1ccnc(-c2c(F)c(F)c(F)c(F)c2F)c1N. The van der Waals surface area contributed by atoms with Gasteiger partial charge in [-0.15, -0.1) is 0 Å². The Kier molecular flexibility index (Phi) is 3.13. The number of nitrogens with two attached hydrogens (primary N) is 1. The summed E-state index contributed by atoms with van der Waals surface area (Å²) >= 11 is 0. The van der Waals surface area contributed by atoms with Crippen molar-refractivity contribution < 1.29 is 22.0 Å². The Morgan fingerprint density at radius 1 is 0.895 bits per heavy atom. The quantitative estimate of drug-likeness (QED) is 0.492. The van der Waals surface area contributed by atoms with Crippen LogP contribution in [0.1, 0.15) is 5.56 Å². The van der Waals surface area contributed by atoms with E-state index in [2.05, 4.69) is 4.98 Å². The number of hydrogen-bond donors (Lipinski definition) is 1. The molecule has 1 aromatic heterocycles. The molecule has 0 aliphatic rings. The molecular weight excluding hydrogens is 267 g/mol. The largest absolute Gasteiger partial charge is 0.397 e. The van der Waals surface area contributed by atoms with Gasteiger partial charge < -0.3 is 5.73 Å². The zero-order valence-electron chi connectivity index (χ0n) is 9.57. The van der Waals surface area contributed by atoms with Crippen LogP contribution in [0.25, 0.3) is 11.3 Å². The second kappa shape index (κ2) is 4.49. The summed E-state index contributed by atoms with van der Waals surface area (Å²) in [5.74, 6) is -10.2. The Labute approximate surface area is 104 Å². The lowest BCUT2D eigenvalue weighted by Crippen LogP contribution is -2.07. The monoisotopic (exact) mass is 274 g/mol. The summed E-state index contributed by atoms with van der Waals surface area (Å²) in [6, 6.07) is 1.45. The van der Waals surface area contributed by atoms with E-state index >= 15 is 0 Å². The fourth-order valence-electron chi connectivity index (χ4n) is 1.58. The Morgan fingerprint density at radius 3 is 1.89 bits per heavy atom. The zero-order chi connectivity index (χ0) is 14.3. The van der Waals surface area contributed by atoms with Crippen molar-refractivity contribution in [3.63, 3.8) is 0 Å². The van der Waals surface area contributed by atoms with Crippen molar-refractivity contribution in [3.8, 4) is 11.3 Å². The second-order valence-corrected chi connectivity index (χ2v) is 3.84. The van der Waals surface area contributed by atoms with Gasteiger partial charge in [0, 0.05) is 6.20 Å². The van der Waals surface area contributed by atoms with E-state index in [0.29, 0.717) is 5.56 Å². The predicted molar refractivity (Wildman–Crippen MR) is 58.6 cm³/mol. The van der Waals surface area contributed by atoms with E-state index in [4.69, 9.17) is 5.73 Å². The maximum Gasteiger partial charge on any atom is 0.200 e. The topological polar surface area (TPSA) is 38.9 Å². The minimum Gasteiger partial charge on any atom is -0.397 e. The van der Waals surface area contributed by atoms with E-state index < -0.39 is 40.3 Å². The van der Waals surface area contributed by atoms with Crippen molar-refractivity contribution in [2.45, 2.75) is 6.92 Å². The predicted octanol–water partition coefficient (Wildman–Crippen LogP) is 3.33. The van der Waals surface area contributed by atoms with Crippen molar-refractivity contribution >= 4 is 5.69 Å². The van der Waals surface area contributed by atoms with Crippen LogP contribution in [0, 0.1) is 36.0 Å². The average molecular weight is 274 g/mol. The molecule has 0 unspecified atom stereocenters. The third-order valence-corrected chi connectivity index (χ3v) is 2.65. The molecule has 0 saturated carbocycles. The average Bonchev–Trinajstić information content (AvgIpc) is 2.39. The van der Waals surface area contributed by atoms with E-state index in [1.807, 2.05) is 0 Å². The molecule has 0 radical (unpaired) electrons. The second-order valence-electron chi connectivity index (χ2n) is 3.84. The molecule has 0 aliphatic heterocycles. The number of pyridine rings is 1. The van der Waals surface area contributed by atoms with Crippen molar-refractivity contribution in [2.75, 3.05) is 5.73 Å². The number of nitrogens with zero attached hydrogens (tertiary/aromatic N) is 1. The van der Waals surface area contributed by atoms with Crippen LogP contribution in [0.4, 0.5) is 27.6 Å². The number of rotatable bonds is 1. The molecule has 0 fully saturated rings. The normalized spacial score (nSPS) is 10.8. The highest BCUT2D eigenvalue weighted by Gasteiger charge is 2.28. The van der Waals surface area contributed by atoms with Crippen LogP contribution in [-0.2, 0) is 0 Å². The van der Waals surface area contributed by atoms with Crippen LogP contribution in [0.15, 0.2) is 12.3 Å². The van der Waals surface area contributed by atoms with Crippen molar-refractivity contribution in [1.82, 2.24) is 4.98 Å². The van der Waals surface area contributed by atoms with Crippen molar-refractivity contribution in [3.05, 3.63) is 46.9 Å². The summed E-state index contributed by atoms with van der Waals surface area (Å²) in [5.41, 5.74) is 4.21. The van der Waals surface area contributed by atoms with Gasteiger partial charge in [-0.25, -0.2) is 22.0 Å². The molecule has 0 bridgehead atoms. The first-order valence-electron chi connectivity index (χ1n) is 5.09. The molecule has 0 spiro atoms. The maximum atomic E-state index is 13.6. The number of anilines is 1. The van der Waals surface area contributed by atoms with Gasteiger partial charge in [-0.1, -0.05) is 0 Å². The summed E-state index contributed by atoms with van der Waals surface area (Å²) in [6.45, 7) is 1.52. The van der Waals surface area contributed by atoms with Crippen LogP contribution < -0.4 is 5.73 Å². The summed E-state index contributed by atoms with van der Waals surface area (Å²) in [6.07, 6.45) is 1.17. The van der Waals surface area contributed by atoms with Gasteiger partial charge in [-0.2, -0.15) is 0 Å². The molecule has 7 heteroatoms. The van der Waals surface area contributed by atoms with Crippen molar-refractivity contribution in [1.29, 1.82) is 0 Å². The fraction of sp³-hybridized carbons (Fsp3) is 0.0833. The van der Waals surface area contributed by atoms with E-state index in [1.165, 1.54) is 19.2 Å². The lowest BCUT2D eigenvalue weighted by molar-refractivity contribution is 0.381. The smallest absolute Gasteiger partial charge is 0.200 e. The number of benzene rings is 1. The van der Waals surface area contributed by atoms with Gasteiger partial charge in [-0.05, 0) is 18.6 Å². The summed E-state index contributed by atoms with van der Waals surface area (Å²) in [4.78, 5) is 3.58. The molecule has 1 heterocycles. The van der Waals surface area contributed by atoms with Crippen LogP contribution in [0.5, 0.6) is 0 Å². The number of hydrogen-bond acceptors (Lipinski definition) is 2. The number of aromatic nitrogens is 1. The fourth-order valence-corrected chi connectivity index (χ4v) is 1.58. The van der Waals surface area contributed by atoms with Crippen LogP contribution in [-0.4, -0.2) is 4.98 Å². The molecule has 19 heavy (non-hydrogen) atoms. The number of halogens is 5. The summed E-state index contributed by atoms with van der Waals surface area (Å²) < 4.78 is 66.3. The molecule has 0 saturated heterocycles. The summed E-state index contributed by atoms with van der Waals surface area (Å²) in [5, 5.41) is 0. The molecule has 2 nitrogen and oxygen atoms in total. The first-order valence-corrected chi connectivity index (χ1v) is 5.09. The van der Waals surface area contributed by atoms with Gasteiger partial charge in [-0.3, -0.25) is 4.98 Å². The highest BCUT2D eigenvalue weighted by Crippen LogP contribution is 2.34. The molecular formula is C12H7F5N2. The maximum absolute atomic E-state index is 13.6. The van der Waals surface area contributed by atoms with Crippen LogP contribution >= 0.6 is 0 Å². The number of aryl methyl sites for hydroxylation is 1. The highest BCUT2D eigenvalue weighted by molar-refractivity contribution is 5.75. The molecule has 1 aromatic carbocycles. The van der Waals surface area contributed by atoms with Crippen LogP contribution in [0.3, 0.4) is 0 Å². The summed E-state index contributed by atoms with van der Waals surface area (Å²) in [7, 11) is 0. The Hall–Kier alpha value is -2.18. The third-order valence-electron chi connectivity index (χ3n) is 2.65. The van der Waals surface area contributed by atoms with E-state index in [9.17, 15) is 22.0 Å². The van der Waals surface area contributed by atoms with Gasteiger partial charge in [0.2, 0.25) is 5.82 Å². The molecule has 2 aromatic rings. The lowest BCUT2D eigenvalue weighted by atomic mass is 10.0. The van der Waals surface area contributed by atoms with E-state index in [1.54, 1.807) is 0 Å². The van der Waals surface area contributed by atoms with Gasteiger partial charge in [0.15, 0.2) is 23.3 Å². The standard InChI is InChI=1S/C12H7F5N2/c1-4-2-3-19-12(11(4)18)5-6(13)8(15)10(17)9(16)7(5)14/h2-3H,18H2,1H3. The van der Waals surface area contributed by atoms with Crippen molar-refractivity contribution in [2.24, 2.45) is 0 Å².